The maximum absolute atomic E-state index is 12.9. The van der Waals surface area contributed by atoms with Crippen molar-refractivity contribution in [2.45, 2.75) is 50.5 Å². The molecule has 21 heavy (non-hydrogen) atoms. The van der Waals surface area contributed by atoms with Crippen molar-refractivity contribution in [1.82, 2.24) is 9.62 Å². The average Bonchev–Trinajstić information content (AvgIpc) is 2.53. The van der Waals surface area contributed by atoms with Gasteiger partial charge in [0.25, 0.3) is 0 Å². The van der Waals surface area contributed by atoms with Crippen LogP contribution in [-0.2, 0) is 16.4 Å². The Bertz CT molecular complexity index is 534. The molecule has 1 aromatic carbocycles. The summed E-state index contributed by atoms with van der Waals surface area (Å²) in [7, 11) is -3.39. The molecule has 1 fully saturated rings. The Morgan fingerprint density at radius 2 is 1.95 bits per heavy atom. The summed E-state index contributed by atoms with van der Waals surface area (Å²) in [5, 5.41) is 3.31. The summed E-state index contributed by atoms with van der Waals surface area (Å²) in [6.07, 6.45) is 3.74. The lowest BCUT2D eigenvalue weighted by atomic mass is 10.1. The Labute approximate surface area is 128 Å². The predicted molar refractivity (Wildman–Crippen MR) is 85.9 cm³/mol. The minimum absolute atomic E-state index is 0.0783. The quantitative estimate of drug-likeness (QED) is 0.878. The fraction of sp³-hybridized carbons (Fsp3) is 0.625. The van der Waals surface area contributed by atoms with Crippen LogP contribution in [0, 0.1) is 0 Å². The van der Waals surface area contributed by atoms with Gasteiger partial charge in [-0.3, -0.25) is 0 Å². The standard InChI is InChI=1S/C16H26N2O2S/c1-3-12-18(15-6-5-11-17-13-15)21(19,20)16-9-7-14(4-2)8-10-16/h7-10,15,17H,3-6,11-13H2,1-2H3. The van der Waals surface area contributed by atoms with Crippen molar-refractivity contribution in [1.29, 1.82) is 0 Å². The van der Waals surface area contributed by atoms with E-state index in [1.54, 1.807) is 16.4 Å². The molecule has 0 saturated carbocycles. The van der Waals surface area contributed by atoms with E-state index in [-0.39, 0.29) is 6.04 Å². The SMILES string of the molecule is CCCN(C1CCCNC1)S(=O)(=O)c1ccc(CC)cc1. The summed E-state index contributed by atoms with van der Waals surface area (Å²) in [5.74, 6) is 0. The first-order valence-corrected chi connectivity index (χ1v) is 9.35. The maximum Gasteiger partial charge on any atom is 0.243 e. The summed E-state index contributed by atoms with van der Waals surface area (Å²) >= 11 is 0. The van der Waals surface area contributed by atoms with Crippen molar-refractivity contribution >= 4 is 10.0 Å². The van der Waals surface area contributed by atoms with Crippen molar-refractivity contribution in [3.63, 3.8) is 0 Å². The average molecular weight is 310 g/mol. The van der Waals surface area contributed by atoms with Gasteiger partial charge >= 0.3 is 0 Å². The summed E-state index contributed by atoms with van der Waals surface area (Å²) in [6.45, 7) is 6.43. The van der Waals surface area contributed by atoms with Crippen LogP contribution in [0.25, 0.3) is 0 Å². The maximum atomic E-state index is 12.9. The van der Waals surface area contributed by atoms with Gasteiger partial charge in [-0.1, -0.05) is 26.0 Å². The number of nitrogens with zero attached hydrogens (tertiary/aromatic N) is 1. The van der Waals surface area contributed by atoms with E-state index in [1.807, 2.05) is 19.1 Å². The van der Waals surface area contributed by atoms with Gasteiger partial charge in [0.15, 0.2) is 0 Å². The Kier molecular flexibility index (Phi) is 5.79. The molecule has 1 saturated heterocycles. The van der Waals surface area contributed by atoms with Crippen LogP contribution in [0.4, 0.5) is 0 Å². The minimum atomic E-state index is -3.39. The first-order chi connectivity index (χ1) is 10.1. The second-order valence-electron chi connectivity index (χ2n) is 5.61. The van der Waals surface area contributed by atoms with E-state index >= 15 is 0 Å². The molecule has 0 bridgehead atoms. The van der Waals surface area contributed by atoms with Crippen LogP contribution in [0.5, 0.6) is 0 Å². The van der Waals surface area contributed by atoms with Gasteiger partial charge in [0.2, 0.25) is 10.0 Å². The van der Waals surface area contributed by atoms with Crippen molar-refractivity contribution in [2.75, 3.05) is 19.6 Å². The van der Waals surface area contributed by atoms with E-state index in [9.17, 15) is 8.42 Å². The Balaban J connectivity index is 2.27. The van der Waals surface area contributed by atoms with Crippen molar-refractivity contribution in [3.05, 3.63) is 29.8 Å². The molecule has 4 nitrogen and oxygen atoms in total. The molecule has 1 heterocycles. The number of benzene rings is 1. The molecule has 0 aromatic heterocycles. The van der Waals surface area contributed by atoms with Gasteiger partial charge < -0.3 is 5.32 Å². The second kappa shape index (κ2) is 7.38. The highest BCUT2D eigenvalue weighted by Crippen LogP contribution is 2.22. The summed E-state index contributed by atoms with van der Waals surface area (Å²) in [5.41, 5.74) is 1.16. The molecule has 1 aliphatic heterocycles. The smallest absolute Gasteiger partial charge is 0.243 e. The van der Waals surface area contributed by atoms with Crippen LogP contribution in [0.3, 0.4) is 0 Å². The van der Waals surface area contributed by atoms with Crippen LogP contribution in [0.15, 0.2) is 29.2 Å². The fourth-order valence-corrected chi connectivity index (χ4v) is 4.58. The third-order valence-electron chi connectivity index (χ3n) is 4.06. The lowest BCUT2D eigenvalue weighted by molar-refractivity contribution is 0.266. The topological polar surface area (TPSA) is 49.4 Å². The van der Waals surface area contributed by atoms with Gasteiger partial charge in [0, 0.05) is 19.1 Å². The van der Waals surface area contributed by atoms with Gasteiger partial charge in [0.1, 0.15) is 0 Å². The third-order valence-corrected chi connectivity index (χ3v) is 6.03. The Hall–Kier alpha value is -0.910. The van der Waals surface area contributed by atoms with E-state index < -0.39 is 10.0 Å². The molecule has 1 aromatic rings. The van der Waals surface area contributed by atoms with E-state index in [1.165, 1.54) is 0 Å². The van der Waals surface area contributed by atoms with Crippen molar-refractivity contribution in [2.24, 2.45) is 0 Å². The number of hydrogen-bond acceptors (Lipinski definition) is 3. The molecule has 0 aliphatic carbocycles. The summed E-state index contributed by atoms with van der Waals surface area (Å²) in [4.78, 5) is 0.415. The number of piperidine rings is 1. The highest BCUT2D eigenvalue weighted by Gasteiger charge is 2.31. The zero-order chi connectivity index (χ0) is 15.3. The lowest BCUT2D eigenvalue weighted by Gasteiger charge is -2.33. The number of nitrogens with one attached hydrogen (secondary N) is 1. The highest BCUT2D eigenvalue weighted by atomic mass is 32.2. The molecule has 5 heteroatoms. The number of rotatable bonds is 6. The predicted octanol–water partition coefficient (Wildman–Crippen LogP) is 2.40. The van der Waals surface area contributed by atoms with Crippen LogP contribution < -0.4 is 5.32 Å². The van der Waals surface area contributed by atoms with Crippen molar-refractivity contribution in [3.8, 4) is 0 Å². The molecule has 0 radical (unpaired) electrons. The highest BCUT2D eigenvalue weighted by molar-refractivity contribution is 7.89. The van der Waals surface area contributed by atoms with Gasteiger partial charge in [-0.15, -0.1) is 0 Å². The first-order valence-electron chi connectivity index (χ1n) is 7.91. The molecule has 0 spiro atoms. The zero-order valence-electron chi connectivity index (χ0n) is 13.0. The van der Waals surface area contributed by atoms with Crippen molar-refractivity contribution < 1.29 is 8.42 Å². The van der Waals surface area contributed by atoms with Gasteiger partial charge in [-0.05, 0) is 49.9 Å². The molecule has 118 valence electrons. The number of aryl methyl sites for hydroxylation is 1. The summed E-state index contributed by atoms with van der Waals surface area (Å²) in [6, 6.07) is 7.39. The van der Waals surface area contributed by atoms with E-state index in [0.29, 0.717) is 11.4 Å². The Morgan fingerprint density at radius 1 is 1.24 bits per heavy atom. The third kappa shape index (κ3) is 3.84. The molecule has 1 aliphatic rings. The first kappa shape index (κ1) is 16.5. The molecule has 0 amide bonds. The molecular weight excluding hydrogens is 284 g/mol. The molecular formula is C16H26N2O2S. The van der Waals surface area contributed by atoms with E-state index in [2.05, 4.69) is 12.2 Å². The second-order valence-corrected chi connectivity index (χ2v) is 7.50. The van der Waals surface area contributed by atoms with Crippen LogP contribution in [-0.4, -0.2) is 38.4 Å². The number of sulfonamides is 1. The van der Waals surface area contributed by atoms with Gasteiger partial charge in [0.05, 0.1) is 4.90 Å². The molecule has 1 unspecified atom stereocenters. The van der Waals surface area contributed by atoms with E-state index in [0.717, 1.165) is 44.3 Å². The normalized spacial score (nSPS) is 19.9. The Morgan fingerprint density at radius 3 is 2.48 bits per heavy atom. The monoisotopic (exact) mass is 310 g/mol. The zero-order valence-corrected chi connectivity index (χ0v) is 13.8. The van der Waals surface area contributed by atoms with Gasteiger partial charge in [-0.25, -0.2) is 8.42 Å². The molecule has 2 rings (SSSR count). The van der Waals surface area contributed by atoms with Gasteiger partial charge in [-0.2, -0.15) is 4.31 Å². The molecule has 1 atom stereocenters. The molecule has 1 N–H and O–H groups in total. The fourth-order valence-electron chi connectivity index (χ4n) is 2.83. The minimum Gasteiger partial charge on any atom is -0.315 e. The number of hydrogen-bond donors (Lipinski definition) is 1. The van der Waals surface area contributed by atoms with Crippen LogP contribution in [0.1, 0.15) is 38.7 Å². The van der Waals surface area contributed by atoms with E-state index in [4.69, 9.17) is 0 Å². The van der Waals surface area contributed by atoms with Crippen LogP contribution >= 0.6 is 0 Å². The largest absolute Gasteiger partial charge is 0.315 e. The lowest BCUT2D eigenvalue weighted by Crippen LogP contribution is -2.48. The summed E-state index contributed by atoms with van der Waals surface area (Å²) < 4.78 is 27.5. The van der Waals surface area contributed by atoms with Crippen LogP contribution in [0.2, 0.25) is 0 Å².